The number of aliphatic carboxylic acids is 1. The Kier molecular flexibility index (Phi) is 55.4. The molecule has 2 aromatic heterocycles. The second kappa shape index (κ2) is 58.0. The summed E-state index contributed by atoms with van der Waals surface area (Å²) in [6.07, 6.45) is 2.38. The number of carboxylic acid groups (broad SMARTS) is 1. The number of esters is 3. The van der Waals surface area contributed by atoms with Gasteiger partial charge in [0.05, 0.1) is 40.3 Å². The second-order valence-corrected chi connectivity index (χ2v) is 27.5. The van der Waals surface area contributed by atoms with Crippen LogP contribution in [0.5, 0.6) is 0 Å². The normalized spacial score (nSPS) is 12.7. The van der Waals surface area contributed by atoms with Gasteiger partial charge in [-0.2, -0.15) is 10.2 Å². The van der Waals surface area contributed by atoms with E-state index in [1.54, 1.807) is 44.3 Å². The van der Waals surface area contributed by atoms with Gasteiger partial charge in [-0.15, -0.1) is 4.80 Å². The molecule has 30 heteroatoms. The predicted octanol–water partition coefficient (Wildman–Crippen LogP) is 4.27. The van der Waals surface area contributed by atoms with Crippen molar-refractivity contribution < 1.29 is 85.6 Å². The third-order valence-electron chi connectivity index (χ3n) is 15.4. The molecule has 0 aliphatic carbocycles. The van der Waals surface area contributed by atoms with Crippen molar-refractivity contribution in [3.8, 4) is 5.69 Å². The lowest BCUT2D eigenvalue weighted by Crippen LogP contribution is -3.00. The van der Waals surface area contributed by atoms with Crippen LogP contribution < -0.4 is 50.9 Å². The van der Waals surface area contributed by atoms with Gasteiger partial charge in [-0.3, -0.25) is 33.9 Å². The molecule has 0 spiro atoms. The quantitative estimate of drug-likeness (QED) is 0.0270. The minimum atomic E-state index is -0.963. The van der Waals surface area contributed by atoms with Crippen molar-refractivity contribution in [2.75, 3.05) is 82.8 Å². The number of alkyl carbamates (subject to hydrolysis) is 2. The zero-order chi connectivity index (χ0) is 82.7. The van der Waals surface area contributed by atoms with Gasteiger partial charge in [-0.25, -0.2) is 19.4 Å². The number of nitrogens with zero attached hydrogens (tertiary/aromatic N) is 8. The highest BCUT2D eigenvalue weighted by atomic mass is 35.5. The molecule has 13 N–H and O–H groups in total. The molecule has 0 radical (unpaired) electrons. The highest BCUT2D eigenvalue weighted by molar-refractivity contribution is 5.95. The third-order valence-corrected chi connectivity index (χ3v) is 15.4. The lowest BCUT2D eigenvalue weighted by atomic mass is 10.2. The van der Waals surface area contributed by atoms with E-state index in [2.05, 4.69) is 99.7 Å². The molecule has 29 nitrogen and oxygen atoms in total. The summed E-state index contributed by atoms with van der Waals surface area (Å²) in [5.74, 6) is -1.86. The van der Waals surface area contributed by atoms with E-state index in [0.717, 1.165) is 30.9 Å². The summed E-state index contributed by atoms with van der Waals surface area (Å²) in [6.45, 7) is 32.6. The van der Waals surface area contributed by atoms with Gasteiger partial charge >= 0.3 is 36.1 Å². The van der Waals surface area contributed by atoms with E-state index in [1.807, 2.05) is 205 Å². The van der Waals surface area contributed by atoms with Gasteiger partial charge < -0.3 is 89.7 Å². The van der Waals surface area contributed by atoms with E-state index >= 15 is 0 Å². The number of benzene rings is 4. The van der Waals surface area contributed by atoms with Crippen LogP contribution in [0.25, 0.3) is 5.69 Å². The molecule has 0 fully saturated rings. The van der Waals surface area contributed by atoms with E-state index in [9.17, 15) is 33.6 Å². The van der Waals surface area contributed by atoms with Crippen molar-refractivity contribution in [2.24, 2.45) is 11.5 Å². The molecule has 4 aromatic carbocycles. The van der Waals surface area contributed by atoms with Crippen molar-refractivity contribution in [3.63, 3.8) is 0 Å². The standard InChI is InChI=1S/C16H26N2O2.C13H18N6O.C12H17NO2.C11H15NO2.C11H17NO.C9H20N2O2.C4H9NO2.C3H7NO2.ClH/c1-13(11-17-15(19)20-16(2,3)4)18(5)12-14-9-7-6-8-10-14;1-9-4-5-11(19-15-6-7-16-19)12(17-9)13(20)18(3)10(2)8-14;1-10(12(14)15-3)13(2)9-11-7-5-4-6-8-11;1-9(11(13)14-2)12-8-10-6-4-3-5-7-10;1-10(9-13)12(2)8-11-6-4-3-5-7-11;1-7(10-5)6-11-8(12)13-9(2,3)4;1-3(5)4(6)7-2;1-2(4)3(5)6;/h6-10,13H,11-12H2,1-5H3,(H,17,19);4-7,10H,8,14H2,1-3H3;4-8,10H,9H2,1-3H3;3-7,9,12H,8H2,1-2H3;3-7,10,13H,8-9H2,1-2H3;7,10H,6H2,1-5H3,(H,11,12);3H,5H2,1-2H3;2H,4H2,1H3,(H,5,6);1H/t13-;2*10-;9-;10-;7-;3-;2-;/m00000000./s1. The van der Waals surface area contributed by atoms with Crippen LogP contribution in [0.1, 0.15) is 135 Å². The minimum absolute atomic E-state index is 0. The zero-order valence-electron chi connectivity index (χ0n) is 68.7. The Labute approximate surface area is 654 Å². The van der Waals surface area contributed by atoms with Crippen molar-refractivity contribution in [1.82, 2.24) is 60.8 Å². The number of methoxy groups -OCH3 is 3. The number of amides is 3. The summed E-state index contributed by atoms with van der Waals surface area (Å²) in [7, 11) is 13.7. The highest BCUT2D eigenvalue weighted by Gasteiger charge is 2.24. The number of hydrogen-bond acceptors (Lipinski definition) is 23. The number of likely N-dealkylation sites (N-methyl/N-ethyl adjacent to an activating group) is 5. The lowest BCUT2D eigenvalue weighted by molar-refractivity contribution is -0.402. The average Bonchev–Trinajstić information content (AvgIpc) is 1.80. The Balaban J connectivity index is -0.00000120. The van der Waals surface area contributed by atoms with Gasteiger partial charge in [0.2, 0.25) is 0 Å². The first kappa shape index (κ1) is 104. The molecule has 0 saturated heterocycles. The van der Waals surface area contributed by atoms with E-state index in [4.69, 9.17) is 35.9 Å². The fourth-order valence-electron chi connectivity index (χ4n) is 7.97. The van der Waals surface area contributed by atoms with Gasteiger partial charge in [0.1, 0.15) is 35.0 Å². The Bertz CT molecular complexity index is 3400. The SMILES string of the molecule is CN[C@@H](C)CNC(=O)OC(C)(C)C.COC(=O)[C@H](C)N(C)Cc1ccccc1.COC(=O)[C@H](C)NCc1ccccc1.COC(=O)[C@H](C)[NH3+].C[C@@H](CNC(=O)OC(C)(C)C)N(C)Cc1ccccc1.C[C@@H](CO)N(C)Cc1ccccc1.C[C@H](N)C(=O)O.Cc1ccc(-n2nccn2)c(C(=O)N(C)[C@@H](C)CN)n1.[Cl-]. The number of nitrogens with two attached hydrogens (primary N) is 2. The predicted molar refractivity (Wildman–Crippen MR) is 423 cm³/mol. The molecular weight excluding hydrogens is 1420 g/mol. The molecule has 0 aliphatic heterocycles. The molecule has 0 unspecified atom stereocenters. The highest BCUT2D eigenvalue weighted by Crippen LogP contribution is 2.16. The van der Waals surface area contributed by atoms with Crippen molar-refractivity contribution in [3.05, 3.63) is 179 Å². The number of aryl methyl sites for hydroxylation is 1. The summed E-state index contributed by atoms with van der Waals surface area (Å²) < 4.78 is 23.9. The summed E-state index contributed by atoms with van der Waals surface area (Å²) >= 11 is 0. The van der Waals surface area contributed by atoms with Crippen molar-refractivity contribution in [1.29, 1.82) is 0 Å². The summed E-state index contributed by atoms with van der Waals surface area (Å²) in [5, 5.41) is 36.5. The second-order valence-electron chi connectivity index (χ2n) is 27.5. The number of ether oxygens (including phenoxy) is 5. The number of rotatable bonds is 26. The first-order valence-corrected chi connectivity index (χ1v) is 35.7. The van der Waals surface area contributed by atoms with Crippen molar-refractivity contribution >= 4 is 42.0 Å². The van der Waals surface area contributed by atoms with Crippen LogP contribution in [-0.2, 0) is 69.0 Å². The van der Waals surface area contributed by atoms with Gasteiger partial charge in [0, 0.05) is 82.7 Å². The van der Waals surface area contributed by atoms with Crippen LogP contribution in [-0.4, -0.2) is 234 Å². The molecule has 109 heavy (non-hydrogen) atoms. The fourth-order valence-corrected chi connectivity index (χ4v) is 7.97. The minimum Gasteiger partial charge on any atom is -1.00 e. The van der Waals surface area contributed by atoms with Crippen LogP contribution in [0.4, 0.5) is 9.59 Å². The van der Waals surface area contributed by atoms with E-state index in [-0.39, 0.29) is 97.3 Å². The van der Waals surface area contributed by atoms with Crippen molar-refractivity contribution in [2.45, 2.75) is 190 Å². The summed E-state index contributed by atoms with van der Waals surface area (Å²) in [6, 6.07) is 43.3. The molecule has 3 amide bonds. The van der Waals surface area contributed by atoms with Crippen LogP contribution in [0, 0.1) is 6.92 Å². The Morgan fingerprint density at radius 3 is 1.30 bits per heavy atom. The number of carboxylic acids is 1. The fraction of sp³-hybridized carbons (Fsp3) is 0.519. The number of aromatic nitrogens is 4. The zero-order valence-corrected chi connectivity index (χ0v) is 69.5. The monoisotopic (exact) mass is 1550 g/mol. The Morgan fingerprint density at radius 2 is 0.954 bits per heavy atom. The maximum absolute atomic E-state index is 12.6. The molecule has 0 aliphatic rings. The number of carbonyl (C=O) groups excluding carboxylic acids is 6. The molecule has 0 saturated carbocycles. The van der Waals surface area contributed by atoms with Crippen LogP contribution in [0.3, 0.4) is 0 Å². The number of hydrogen-bond donors (Lipinski definition) is 9. The number of aliphatic hydroxyl groups excluding tert-OH is 1. The molecule has 6 aromatic rings. The van der Waals surface area contributed by atoms with Crippen LogP contribution >= 0.6 is 0 Å². The van der Waals surface area contributed by atoms with Gasteiger partial charge in [0.25, 0.3) is 5.91 Å². The summed E-state index contributed by atoms with van der Waals surface area (Å²) in [4.78, 5) is 91.0. The van der Waals surface area contributed by atoms with E-state index in [1.165, 1.54) is 49.7 Å². The molecule has 612 valence electrons. The molecule has 0 bridgehead atoms. The topological polar surface area (TPSA) is 390 Å². The van der Waals surface area contributed by atoms with Gasteiger partial charge in [-0.1, -0.05) is 121 Å². The van der Waals surface area contributed by atoms with Gasteiger partial charge in [0.15, 0.2) is 11.7 Å². The summed E-state index contributed by atoms with van der Waals surface area (Å²) in [5.41, 5.74) is 19.5. The maximum atomic E-state index is 12.6. The van der Waals surface area contributed by atoms with Crippen LogP contribution in [0.2, 0.25) is 0 Å². The smallest absolute Gasteiger partial charge is 0.407 e. The van der Waals surface area contributed by atoms with E-state index < -0.39 is 23.2 Å². The number of aliphatic hydroxyl groups is 1. The number of halogens is 1. The Hall–Kier alpha value is -9.01. The number of pyridine rings is 1. The lowest BCUT2D eigenvalue weighted by Gasteiger charge is -2.26. The first-order valence-electron chi connectivity index (χ1n) is 35.7. The number of quaternary nitrogens is 1. The largest absolute Gasteiger partial charge is 1.00 e. The Morgan fingerprint density at radius 1 is 0.569 bits per heavy atom. The van der Waals surface area contributed by atoms with Crippen LogP contribution in [0.15, 0.2) is 146 Å². The van der Waals surface area contributed by atoms with E-state index in [0.29, 0.717) is 37.6 Å². The molecular formula is C79H130ClN15O14. The maximum Gasteiger partial charge on any atom is 0.407 e. The number of carbonyl (C=O) groups is 7. The molecule has 2 heterocycles. The first-order chi connectivity index (χ1) is 50.6. The van der Waals surface area contributed by atoms with Gasteiger partial charge in [-0.05, 0) is 166 Å². The third kappa shape index (κ3) is 50.4. The molecule has 6 rings (SSSR count). The number of nitrogens with one attached hydrogen (secondary N) is 4. The molecule has 8 atom stereocenters. The average molecular weight is 1550 g/mol.